The van der Waals surface area contributed by atoms with Gasteiger partial charge in [-0.1, -0.05) is 36.4 Å². The predicted molar refractivity (Wildman–Crippen MR) is 77.1 cm³/mol. The van der Waals surface area contributed by atoms with Crippen molar-refractivity contribution in [3.63, 3.8) is 0 Å². The topological polar surface area (TPSA) is 29.1 Å². The number of aryl methyl sites for hydroxylation is 1. The van der Waals surface area contributed by atoms with Gasteiger partial charge in [-0.15, -0.1) is 0 Å². The number of carbonyl (C=O) groups is 1. The summed E-state index contributed by atoms with van der Waals surface area (Å²) in [4.78, 5) is 12.5. The number of hydrogen-bond acceptors (Lipinski definition) is 1. The maximum Gasteiger partial charge on any atom is 0.235 e. The monoisotopic (exact) mass is 269 g/mol. The van der Waals surface area contributed by atoms with Gasteiger partial charge in [-0.05, 0) is 43.0 Å². The summed E-state index contributed by atoms with van der Waals surface area (Å²) < 4.78 is 13.3. The molecule has 0 unspecified atom stereocenters. The SMILES string of the molecule is Cc1ccc(F)cc1NC(=O)C1(c2ccccc2)CC1. The Bertz CT molecular complexity index is 647. The van der Waals surface area contributed by atoms with Crippen molar-refractivity contribution in [2.24, 2.45) is 0 Å². The number of benzene rings is 2. The molecule has 0 saturated heterocycles. The van der Waals surface area contributed by atoms with Crippen LogP contribution in [0.4, 0.5) is 10.1 Å². The molecule has 0 aliphatic heterocycles. The quantitative estimate of drug-likeness (QED) is 0.902. The number of amides is 1. The maximum absolute atomic E-state index is 13.3. The van der Waals surface area contributed by atoms with Gasteiger partial charge in [-0.2, -0.15) is 0 Å². The standard InChI is InChI=1S/C17H16FNO/c1-12-7-8-14(18)11-15(12)19-16(20)17(9-10-17)13-5-3-2-4-6-13/h2-8,11H,9-10H2,1H3,(H,19,20). The van der Waals surface area contributed by atoms with Crippen molar-refractivity contribution in [3.05, 3.63) is 65.5 Å². The molecule has 0 heterocycles. The van der Waals surface area contributed by atoms with Gasteiger partial charge < -0.3 is 5.32 Å². The lowest BCUT2D eigenvalue weighted by molar-refractivity contribution is -0.118. The first-order chi connectivity index (χ1) is 9.62. The van der Waals surface area contributed by atoms with Gasteiger partial charge in [0.15, 0.2) is 0 Å². The molecule has 0 aromatic heterocycles. The molecule has 2 aromatic rings. The van der Waals surface area contributed by atoms with Crippen LogP contribution in [0, 0.1) is 12.7 Å². The molecule has 0 atom stereocenters. The van der Waals surface area contributed by atoms with E-state index in [1.54, 1.807) is 6.07 Å². The summed E-state index contributed by atoms with van der Waals surface area (Å²) in [5.74, 6) is -0.382. The molecule has 1 fully saturated rings. The van der Waals surface area contributed by atoms with Gasteiger partial charge in [0.1, 0.15) is 5.82 Å². The first-order valence-electron chi connectivity index (χ1n) is 6.75. The van der Waals surface area contributed by atoms with E-state index in [0.717, 1.165) is 24.0 Å². The Hall–Kier alpha value is -2.16. The molecule has 0 radical (unpaired) electrons. The zero-order valence-electron chi connectivity index (χ0n) is 11.3. The zero-order valence-corrected chi connectivity index (χ0v) is 11.3. The van der Waals surface area contributed by atoms with Crippen molar-refractivity contribution in [2.75, 3.05) is 5.32 Å². The van der Waals surface area contributed by atoms with E-state index in [4.69, 9.17) is 0 Å². The number of hydrogen-bond donors (Lipinski definition) is 1. The van der Waals surface area contributed by atoms with Crippen LogP contribution in [0.5, 0.6) is 0 Å². The average molecular weight is 269 g/mol. The summed E-state index contributed by atoms with van der Waals surface area (Å²) in [7, 11) is 0. The third-order valence-corrected chi connectivity index (χ3v) is 3.96. The Morgan fingerprint density at radius 2 is 1.85 bits per heavy atom. The third-order valence-electron chi connectivity index (χ3n) is 3.96. The smallest absolute Gasteiger partial charge is 0.235 e. The molecule has 3 rings (SSSR count). The largest absolute Gasteiger partial charge is 0.325 e. The molecule has 20 heavy (non-hydrogen) atoms. The fourth-order valence-electron chi connectivity index (χ4n) is 2.50. The molecule has 1 aliphatic carbocycles. The second kappa shape index (κ2) is 4.75. The van der Waals surface area contributed by atoms with Crippen molar-refractivity contribution in [1.82, 2.24) is 0 Å². The molecular weight excluding hydrogens is 253 g/mol. The van der Waals surface area contributed by atoms with E-state index < -0.39 is 5.41 Å². The van der Waals surface area contributed by atoms with Crippen LogP contribution >= 0.6 is 0 Å². The van der Waals surface area contributed by atoms with Crippen molar-refractivity contribution in [2.45, 2.75) is 25.2 Å². The lowest BCUT2D eigenvalue weighted by Crippen LogP contribution is -2.28. The highest BCUT2D eigenvalue weighted by Gasteiger charge is 2.51. The molecule has 1 saturated carbocycles. The van der Waals surface area contributed by atoms with Crippen LogP contribution in [-0.2, 0) is 10.2 Å². The third kappa shape index (κ3) is 2.20. The van der Waals surface area contributed by atoms with E-state index >= 15 is 0 Å². The second-order valence-electron chi connectivity index (χ2n) is 5.36. The van der Waals surface area contributed by atoms with Gasteiger partial charge in [-0.25, -0.2) is 4.39 Å². The zero-order chi connectivity index (χ0) is 14.2. The van der Waals surface area contributed by atoms with Crippen LogP contribution in [0.1, 0.15) is 24.0 Å². The first kappa shape index (κ1) is 12.9. The van der Waals surface area contributed by atoms with Crippen molar-refractivity contribution >= 4 is 11.6 Å². The van der Waals surface area contributed by atoms with E-state index in [1.165, 1.54) is 12.1 Å². The molecule has 1 N–H and O–H groups in total. The maximum atomic E-state index is 13.3. The first-order valence-corrected chi connectivity index (χ1v) is 6.75. The van der Waals surface area contributed by atoms with Crippen LogP contribution < -0.4 is 5.32 Å². The van der Waals surface area contributed by atoms with Crippen LogP contribution in [-0.4, -0.2) is 5.91 Å². The summed E-state index contributed by atoms with van der Waals surface area (Å²) in [6.45, 7) is 1.86. The van der Waals surface area contributed by atoms with Gasteiger partial charge in [0, 0.05) is 5.69 Å². The van der Waals surface area contributed by atoms with Gasteiger partial charge >= 0.3 is 0 Å². The number of carbonyl (C=O) groups excluding carboxylic acids is 1. The van der Waals surface area contributed by atoms with Gasteiger partial charge in [0.25, 0.3) is 0 Å². The predicted octanol–water partition coefficient (Wildman–Crippen LogP) is 3.80. The molecule has 2 nitrogen and oxygen atoms in total. The van der Waals surface area contributed by atoms with Gasteiger partial charge in [-0.3, -0.25) is 4.79 Å². The number of anilines is 1. The highest BCUT2D eigenvalue weighted by molar-refractivity contribution is 6.01. The highest BCUT2D eigenvalue weighted by Crippen LogP contribution is 2.49. The summed E-state index contributed by atoms with van der Waals surface area (Å²) in [5.41, 5.74) is 2.02. The van der Waals surface area contributed by atoms with Gasteiger partial charge in [0.2, 0.25) is 5.91 Å². The fraction of sp³-hybridized carbons (Fsp3) is 0.235. The molecule has 0 bridgehead atoms. The van der Waals surface area contributed by atoms with E-state index in [1.807, 2.05) is 37.3 Å². The second-order valence-corrected chi connectivity index (χ2v) is 5.36. The highest BCUT2D eigenvalue weighted by atomic mass is 19.1. The van der Waals surface area contributed by atoms with E-state index in [2.05, 4.69) is 5.32 Å². The normalized spacial score (nSPS) is 15.7. The van der Waals surface area contributed by atoms with Crippen LogP contribution in [0.15, 0.2) is 48.5 Å². The lowest BCUT2D eigenvalue weighted by atomic mass is 9.95. The Balaban J connectivity index is 1.85. The van der Waals surface area contributed by atoms with Crippen LogP contribution in [0.2, 0.25) is 0 Å². The summed E-state index contributed by atoms with van der Waals surface area (Å²) in [6.07, 6.45) is 1.69. The molecule has 2 aromatic carbocycles. The minimum Gasteiger partial charge on any atom is -0.325 e. The van der Waals surface area contributed by atoms with E-state index in [9.17, 15) is 9.18 Å². The van der Waals surface area contributed by atoms with E-state index in [-0.39, 0.29) is 11.7 Å². The lowest BCUT2D eigenvalue weighted by Gasteiger charge is -2.17. The number of halogens is 1. The molecule has 3 heteroatoms. The Labute approximate surface area is 117 Å². The summed E-state index contributed by atoms with van der Waals surface area (Å²) in [6, 6.07) is 14.2. The molecule has 0 spiro atoms. The van der Waals surface area contributed by atoms with Crippen molar-refractivity contribution in [3.8, 4) is 0 Å². The molecule has 1 amide bonds. The molecule has 102 valence electrons. The minimum atomic E-state index is -0.431. The Morgan fingerprint density at radius 1 is 1.15 bits per heavy atom. The number of nitrogens with one attached hydrogen (secondary N) is 1. The fourth-order valence-corrected chi connectivity index (χ4v) is 2.50. The van der Waals surface area contributed by atoms with Crippen molar-refractivity contribution < 1.29 is 9.18 Å². The summed E-state index contributed by atoms with van der Waals surface area (Å²) in [5, 5.41) is 2.87. The van der Waals surface area contributed by atoms with Crippen LogP contribution in [0.3, 0.4) is 0 Å². The Kier molecular flexibility index (Phi) is 3.05. The van der Waals surface area contributed by atoms with Gasteiger partial charge in [0.05, 0.1) is 5.41 Å². The molecular formula is C17H16FNO. The van der Waals surface area contributed by atoms with E-state index in [0.29, 0.717) is 5.69 Å². The summed E-state index contributed by atoms with van der Waals surface area (Å²) >= 11 is 0. The molecule has 1 aliphatic rings. The Morgan fingerprint density at radius 3 is 2.50 bits per heavy atom. The van der Waals surface area contributed by atoms with Crippen molar-refractivity contribution in [1.29, 1.82) is 0 Å². The number of rotatable bonds is 3. The minimum absolute atomic E-state index is 0.0441. The van der Waals surface area contributed by atoms with Crippen LogP contribution in [0.25, 0.3) is 0 Å². The average Bonchev–Trinajstić information content (AvgIpc) is 3.25.